The van der Waals surface area contributed by atoms with Gasteiger partial charge in [-0.2, -0.15) is 18.3 Å². The second-order valence-corrected chi connectivity index (χ2v) is 9.40. The number of anilines is 1. The maximum Gasteiger partial charge on any atom is 0.416 e. The van der Waals surface area contributed by atoms with Crippen LogP contribution in [0.3, 0.4) is 0 Å². The third-order valence-electron chi connectivity index (χ3n) is 5.19. The number of carbonyl (C=O) groups is 1. The molecular weight excluding hydrogens is 477 g/mol. The molecule has 0 bridgehead atoms. The number of benzene rings is 2. The second-order valence-electron chi connectivity index (χ2n) is 8.35. The molecule has 184 valence electrons. The van der Waals surface area contributed by atoms with Crippen molar-refractivity contribution in [3.8, 4) is 5.75 Å². The molecule has 2 N–H and O–H groups in total. The molecule has 0 fully saturated rings. The molecule has 2 aromatic carbocycles. The van der Waals surface area contributed by atoms with Gasteiger partial charge < -0.3 is 9.84 Å². The van der Waals surface area contributed by atoms with E-state index in [0.29, 0.717) is 28.5 Å². The lowest BCUT2D eigenvalue weighted by atomic mass is 9.99. The Bertz CT molecular complexity index is 1210. The molecule has 9 heteroatoms. The molecule has 1 aliphatic rings. The highest BCUT2D eigenvalue weighted by molar-refractivity contribution is 7.99. The molecule has 3 rings (SSSR count). The van der Waals surface area contributed by atoms with Crippen LogP contribution in [0.5, 0.6) is 5.75 Å². The third-order valence-corrected chi connectivity index (χ3v) is 6.23. The van der Waals surface area contributed by atoms with Crippen molar-refractivity contribution < 1.29 is 27.8 Å². The number of carboxylic acids is 1. The van der Waals surface area contributed by atoms with Crippen LogP contribution in [-0.2, 0) is 11.0 Å². The summed E-state index contributed by atoms with van der Waals surface area (Å²) in [5, 5.41) is 13.6. The van der Waals surface area contributed by atoms with Gasteiger partial charge in [0.05, 0.1) is 17.0 Å². The van der Waals surface area contributed by atoms with Crippen LogP contribution in [0.2, 0.25) is 0 Å². The van der Waals surface area contributed by atoms with Gasteiger partial charge in [0.1, 0.15) is 5.75 Å². The molecule has 0 radical (unpaired) electrons. The molecule has 0 spiro atoms. The number of aryl methyl sites for hydroxylation is 1. The Kier molecular flexibility index (Phi) is 7.80. The summed E-state index contributed by atoms with van der Waals surface area (Å²) in [6, 6.07) is 10.2. The van der Waals surface area contributed by atoms with Crippen molar-refractivity contribution in [2.45, 2.75) is 37.4 Å². The zero-order chi connectivity index (χ0) is 25.8. The van der Waals surface area contributed by atoms with E-state index in [4.69, 9.17) is 4.74 Å². The van der Waals surface area contributed by atoms with Gasteiger partial charge in [-0.25, -0.2) is 4.79 Å². The fourth-order valence-electron chi connectivity index (χ4n) is 3.03. The van der Waals surface area contributed by atoms with Gasteiger partial charge in [-0.1, -0.05) is 18.7 Å². The van der Waals surface area contributed by atoms with Gasteiger partial charge in [-0.05, 0) is 86.0 Å². The van der Waals surface area contributed by atoms with Crippen LogP contribution in [0.1, 0.15) is 25.0 Å². The van der Waals surface area contributed by atoms with Crippen LogP contribution in [0.15, 0.2) is 88.4 Å². The fraction of sp³-hybridized carbons (Fsp3) is 0.231. The minimum absolute atomic E-state index is 0.432. The van der Waals surface area contributed by atoms with Gasteiger partial charge >= 0.3 is 12.1 Å². The maximum absolute atomic E-state index is 12.7. The first-order valence-electron chi connectivity index (χ1n) is 10.6. The number of thioether (sulfide) groups is 1. The smallest absolute Gasteiger partial charge is 0.416 e. The zero-order valence-electron chi connectivity index (χ0n) is 19.4. The first-order chi connectivity index (χ1) is 16.4. The van der Waals surface area contributed by atoms with E-state index in [-0.39, 0.29) is 0 Å². The molecule has 1 aliphatic carbocycles. The number of carboxylic acid groups (broad SMARTS) is 1. The molecule has 0 amide bonds. The van der Waals surface area contributed by atoms with Crippen molar-refractivity contribution in [3.05, 3.63) is 89.5 Å². The summed E-state index contributed by atoms with van der Waals surface area (Å²) in [5.74, 6) is 0.0779. The number of ether oxygens (including phenoxy) is 1. The summed E-state index contributed by atoms with van der Waals surface area (Å²) in [5.41, 5.74) is 4.22. The molecule has 0 aromatic heterocycles. The molecule has 0 heterocycles. The van der Waals surface area contributed by atoms with Crippen molar-refractivity contribution >= 4 is 29.1 Å². The van der Waals surface area contributed by atoms with E-state index in [1.165, 1.54) is 26.0 Å². The minimum Gasteiger partial charge on any atom is -0.478 e. The average Bonchev–Trinajstić information content (AvgIpc) is 2.78. The third kappa shape index (κ3) is 6.79. The number of halogens is 3. The summed E-state index contributed by atoms with van der Waals surface area (Å²) in [6.45, 7) is 8.96. The van der Waals surface area contributed by atoms with Crippen LogP contribution in [-0.4, -0.2) is 28.1 Å². The molecule has 0 unspecified atom stereocenters. The molecule has 0 saturated carbocycles. The van der Waals surface area contributed by atoms with Crippen LogP contribution in [0.4, 0.5) is 18.9 Å². The van der Waals surface area contributed by atoms with Crippen molar-refractivity contribution in [1.82, 2.24) is 0 Å². The van der Waals surface area contributed by atoms with E-state index in [2.05, 4.69) is 17.1 Å². The monoisotopic (exact) mass is 502 g/mol. The largest absolute Gasteiger partial charge is 0.478 e. The highest BCUT2D eigenvalue weighted by atomic mass is 32.2. The van der Waals surface area contributed by atoms with Crippen LogP contribution in [0, 0.1) is 6.92 Å². The summed E-state index contributed by atoms with van der Waals surface area (Å²) < 4.78 is 43.8. The Morgan fingerprint density at radius 1 is 1.17 bits per heavy atom. The van der Waals surface area contributed by atoms with E-state index in [9.17, 15) is 23.1 Å². The number of allylic oxidation sites excluding steroid dienone is 4. The predicted molar refractivity (Wildman–Crippen MR) is 133 cm³/mol. The van der Waals surface area contributed by atoms with Gasteiger partial charge in [-0.15, -0.1) is 11.8 Å². The summed E-state index contributed by atoms with van der Waals surface area (Å²) in [4.78, 5) is 12.3. The SMILES string of the molecule is C=C1C(CSc2ccc(OC(C)(C)C(=O)O)c(C)c2)=CC=C/C1=N/Nc1ccc(C(F)(F)F)cc1. The second kappa shape index (κ2) is 10.4. The number of nitrogens with one attached hydrogen (secondary N) is 1. The molecule has 0 saturated heterocycles. The van der Waals surface area contributed by atoms with Crippen molar-refractivity contribution in [1.29, 1.82) is 0 Å². The lowest BCUT2D eigenvalue weighted by Gasteiger charge is -2.23. The van der Waals surface area contributed by atoms with E-state index in [0.717, 1.165) is 28.2 Å². The van der Waals surface area contributed by atoms with E-state index >= 15 is 0 Å². The highest BCUT2D eigenvalue weighted by Gasteiger charge is 2.30. The number of hydrazone groups is 1. The van der Waals surface area contributed by atoms with Crippen molar-refractivity contribution in [2.24, 2.45) is 5.10 Å². The quantitative estimate of drug-likeness (QED) is 0.305. The summed E-state index contributed by atoms with van der Waals surface area (Å²) >= 11 is 1.58. The summed E-state index contributed by atoms with van der Waals surface area (Å²) in [7, 11) is 0. The van der Waals surface area contributed by atoms with E-state index in [1.807, 2.05) is 31.2 Å². The number of rotatable bonds is 8. The maximum atomic E-state index is 12.7. The normalized spacial score (nSPS) is 15.2. The van der Waals surface area contributed by atoms with E-state index in [1.54, 1.807) is 23.9 Å². The first-order valence-corrected chi connectivity index (χ1v) is 11.6. The van der Waals surface area contributed by atoms with Gasteiger partial charge in [0, 0.05) is 10.6 Å². The Labute approximate surface area is 206 Å². The molecule has 5 nitrogen and oxygen atoms in total. The minimum atomic E-state index is -4.39. The summed E-state index contributed by atoms with van der Waals surface area (Å²) in [6.07, 6.45) is 1.16. The Hall–Kier alpha value is -3.46. The first kappa shape index (κ1) is 26.2. The molecule has 0 aliphatic heterocycles. The number of nitrogens with zero attached hydrogens (tertiary/aromatic N) is 1. The molecular formula is C26H25F3N2O3S. The zero-order valence-corrected chi connectivity index (χ0v) is 20.3. The number of hydrogen-bond donors (Lipinski definition) is 2. The van der Waals surface area contributed by atoms with Gasteiger partial charge in [0.2, 0.25) is 0 Å². The Morgan fingerprint density at radius 2 is 1.86 bits per heavy atom. The van der Waals surface area contributed by atoms with Crippen molar-refractivity contribution in [2.75, 3.05) is 11.2 Å². The number of aliphatic carboxylic acids is 1. The van der Waals surface area contributed by atoms with E-state index < -0.39 is 23.3 Å². The van der Waals surface area contributed by atoms with Gasteiger partial charge in [0.25, 0.3) is 0 Å². The average molecular weight is 503 g/mol. The Morgan fingerprint density at radius 3 is 2.46 bits per heavy atom. The highest BCUT2D eigenvalue weighted by Crippen LogP contribution is 2.32. The topological polar surface area (TPSA) is 70.9 Å². The van der Waals surface area contributed by atoms with Crippen LogP contribution in [0.25, 0.3) is 0 Å². The number of hydrogen-bond acceptors (Lipinski definition) is 5. The molecule has 2 aromatic rings. The van der Waals surface area contributed by atoms with Crippen LogP contribution >= 0.6 is 11.8 Å². The predicted octanol–water partition coefficient (Wildman–Crippen LogP) is 6.87. The van der Waals surface area contributed by atoms with Gasteiger partial charge in [0.15, 0.2) is 5.60 Å². The Balaban J connectivity index is 1.61. The number of alkyl halides is 3. The molecule has 0 atom stereocenters. The van der Waals surface area contributed by atoms with Crippen LogP contribution < -0.4 is 10.2 Å². The molecule has 35 heavy (non-hydrogen) atoms. The fourth-order valence-corrected chi connectivity index (χ4v) is 4.04. The lowest BCUT2D eigenvalue weighted by Crippen LogP contribution is -2.38. The standard InChI is InChI=1S/C26H25F3N2O3S/c1-16-14-21(12-13-23(16)34-25(3,4)24(32)33)35-15-18-6-5-7-22(17(18)2)31-30-20-10-8-19(9-11-20)26(27,28)29/h5-14,30H,2,15H2,1,3-4H3,(H,32,33)/b31-22-. The lowest BCUT2D eigenvalue weighted by molar-refractivity contribution is -0.152. The van der Waals surface area contributed by atoms with Gasteiger partial charge in [-0.3, -0.25) is 5.43 Å². The van der Waals surface area contributed by atoms with Crippen molar-refractivity contribution in [3.63, 3.8) is 0 Å².